The number of fused-ring (bicyclic) bond motifs is 1. The summed E-state index contributed by atoms with van der Waals surface area (Å²) < 4.78 is 0. The Hall–Kier alpha value is -1.92. The smallest absolute Gasteiger partial charge is 0.230 e. The fraction of sp³-hybridized carbons (Fsp3) is 0.235. The van der Waals surface area contributed by atoms with Crippen LogP contribution in [0.3, 0.4) is 0 Å². The number of rotatable bonds is 6. The summed E-state index contributed by atoms with van der Waals surface area (Å²) >= 11 is 3.17. The summed E-state index contributed by atoms with van der Waals surface area (Å²) in [6, 6.07) is 12.0. The van der Waals surface area contributed by atoms with Crippen molar-refractivity contribution < 1.29 is 4.79 Å². The van der Waals surface area contributed by atoms with Gasteiger partial charge in [-0.15, -0.1) is 11.3 Å². The minimum Gasteiger partial charge on any atom is -0.355 e. The molecule has 0 aliphatic rings. The highest BCUT2D eigenvalue weighted by atomic mass is 32.2. The lowest BCUT2D eigenvalue weighted by atomic mass is 10.2. The average Bonchev–Trinajstić information content (AvgIpc) is 3.06. The second-order valence-corrected chi connectivity index (χ2v) is 7.06. The molecule has 1 N–H and O–H groups in total. The van der Waals surface area contributed by atoms with Crippen LogP contribution in [-0.2, 0) is 11.2 Å². The summed E-state index contributed by atoms with van der Waals surface area (Å²) in [5.41, 5.74) is 0.917. The number of benzene rings is 1. The monoisotopic (exact) mass is 343 g/mol. The highest BCUT2D eigenvalue weighted by molar-refractivity contribution is 8.00. The number of nitrogens with one attached hydrogen (secondary N) is 1. The first-order valence-electron chi connectivity index (χ1n) is 7.37. The van der Waals surface area contributed by atoms with Gasteiger partial charge in [-0.25, -0.2) is 9.97 Å². The van der Waals surface area contributed by atoms with E-state index in [1.165, 1.54) is 16.6 Å². The number of thioether (sulfide) groups is 1. The van der Waals surface area contributed by atoms with Crippen molar-refractivity contribution in [1.29, 1.82) is 0 Å². The van der Waals surface area contributed by atoms with Gasteiger partial charge in [0.05, 0.1) is 11.3 Å². The Morgan fingerprint density at radius 2 is 2.09 bits per heavy atom. The molecule has 0 radical (unpaired) electrons. The Labute approximate surface area is 143 Å². The molecule has 0 spiro atoms. The predicted molar refractivity (Wildman–Crippen MR) is 96.0 cm³/mol. The molecular formula is C17H17N3OS2. The van der Waals surface area contributed by atoms with Crippen LogP contribution in [0.2, 0.25) is 0 Å². The zero-order valence-corrected chi connectivity index (χ0v) is 14.4. The minimum absolute atomic E-state index is 0.0342. The van der Waals surface area contributed by atoms with E-state index in [0.29, 0.717) is 12.3 Å². The molecule has 6 heteroatoms. The van der Waals surface area contributed by atoms with Crippen molar-refractivity contribution in [2.24, 2.45) is 0 Å². The van der Waals surface area contributed by atoms with E-state index in [0.717, 1.165) is 28.2 Å². The van der Waals surface area contributed by atoms with Crippen LogP contribution in [0.25, 0.3) is 10.9 Å². The molecule has 0 aliphatic carbocycles. The molecule has 0 unspecified atom stereocenters. The van der Waals surface area contributed by atoms with Crippen molar-refractivity contribution in [3.8, 4) is 0 Å². The van der Waals surface area contributed by atoms with Crippen molar-refractivity contribution in [1.82, 2.24) is 15.3 Å². The number of nitrogens with zero attached hydrogens (tertiary/aromatic N) is 2. The molecule has 2 heterocycles. The van der Waals surface area contributed by atoms with Crippen molar-refractivity contribution in [3.05, 3.63) is 52.5 Å². The number of thiophene rings is 1. The maximum Gasteiger partial charge on any atom is 0.230 e. The highest BCUT2D eigenvalue weighted by Crippen LogP contribution is 2.24. The summed E-state index contributed by atoms with van der Waals surface area (Å²) in [5.74, 6) is 1.13. The van der Waals surface area contributed by atoms with Crippen molar-refractivity contribution in [2.75, 3.05) is 12.3 Å². The minimum atomic E-state index is 0.0342. The number of hydrogen-bond donors (Lipinski definition) is 1. The lowest BCUT2D eigenvalue weighted by Gasteiger charge is -2.07. The van der Waals surface area contributed by atoms with Crippen LogP contribution in [0.5, 0.6) is 0 Å². The largest absolute Gasteiger partial charge is 0.355 e. The SMILES string of the molecule is Cc1nc(SCC(=O)NCCc2cccs2)c2ccccc2n1. The van der Waals surface area contributed by atoms with Crippen LogP contribution >= 0.6 is 23.1 Å². The zero-order chi connectivity index (χ0) is 16.1. The number of aryl methyl sites for hydroxylation is 1. The van der Waals surface area contributed by atoms with Crippen LogP contribution in [-0.4, -0.2) is 28.2 Å². The average molecular weight is 343 g/mol. The summed E-state index contributed by atoms with van der Waals surface area (Å²) in [7, 11) is 0. The van der Waals surface area contributed by atoms with E-state index in [1.807, 2.05) is 37.3 Å². The molecule has 1 amide bonds. The van der Waals surface area contributed by atoms with Gasteiger partial charge in [0.2, 0.25) is 5.91 Å². The molecule has 4 nitrogen and oxygen atoms in total. The summed E-state index contributed by atoms with van der Waals surface area (Å²) in [6.07, 6.45) is 0.879. The zero-order valence-electron chi connectivity index (χ0n) is 12.8. The molecule has 1 aromatic carbocycles. The Balaban J connectivity index is 1.56. The van der Waals surface area contributed by atoms with Crippen LogP contribution in [0.15, 0.2) is 46.8 Å². The summed E-state index contributed by atoms with van der Waals surface area (Å²) in [6.45, 7) is 2.54. The molecule has 23 heavy (non-hydrogen) atoms. The number of carbonyl (C=O) groups is 1. The topological polar surface area (TPSA) is 54.9 Å². The van der Waals surface area contributed by atoms with Gasteiger partial charge < -0.3 is 5.32 Å². The number of hydrogen-bond acceptors (Lipinski definition) is 5. The number of para-hydroxylation sites is 1. The van der Waals surface area contributed by atoms with Gasteiger partial charge in [0.1, 0.15) is 10.9 Å². The predicted octanol–water partition coefficient (Wildman–Crippen LogP) is 3.45. The first-order chi connectivity index (χ1) is 11.2. The molecule has 0 bridgehead atoms. The molecule has 2 aromatic heterocycles. The number of carbonyl (C=O) groups excluding carboxylic acids is 1. The van der Waals surface area contributed by atoms with E-state index in [1.54, 1.807) is 11.3 Å². The van der Waals surface area contributed by atoms with E-state index in [4.69, 9.17) is 0 Å². The van der Waals surface area contributed by atoms with E-state index < -0.39 is 0 Å². The molecule has 0 saturated heterocycles. The second kappa shape index (κ2) is 7.57. The van der Waals surface area contributed by atoms with Gasteiger partial charge in [-0.1, -0.05) is 36.0 Å². The molecular weight excluding hydrogens is 326 g/mol. The van der Waals surface area contributed by atoms with Gasteiger partial charge in [0.15, 0.2) is 0 Å². The van der Waals surface area contributed by atoms with E-state index in [2.05, 4.69) is 26.7 Å². The van der Waals surface area contributed by atoms with Crippen molar-refractivity contribution in [2.45, 2.75) is 18.4 Å². The molecule has 0 saturated carbocycles. The Morgan fingerprint density at radius 1 is 1.22 bits per heavy atom. The third-order valence-corrected chi connectivity index (χ3v) is 5.22. The first kappa shape index (κ1) is 16.0. The van der Waals surface area contributed by atoms with Crippen LogP contribution in [0.4, 0.5) is 0 Å². The molecule has 3 aromatic rings. The van der Waals surface area contributed by atoms with Crippen LogP contribution < -0.4 is 5.32 Å². The first-order valence-corrected chi connectivity index (χ1v) is 9.24. The van der Waals surface area contributed by atoms with Gasteiger partial charge in [0.25, 0.3) is 0 Å². The second-order valence-electron chi connectivity index (χ2n) is 5.06. The molecule has 3 rings (SSSR count). The van der Waals surface area contributed by atoms with Gasteiger partial charge in [-0.2, -0.15) is 0 Å². The Bertz CT molecular complexity index is 803. The maximum atomic E-state index is 12.0. The Morgan fingerprint density at radius 3 is 2.91 bits per heavy atom. The van der Waals surface area contributed by atoms with E-state index in [-0.39, 0.29) is 5.91 Å². The Kier molecular flexibility index (Phi) is 5.25. The van der Waals surface area contributed by atoms with Gasteiger partial charge in [-0.05, 0) is 30.9 Å². The molecule has 0 fully saturated rings. The molecule has 118 valence electrons. The molecule has 0 atom stereocenters. The van der Waals surface area contributed by atoms with Gasteiger partial charge in [0, 0.05) is 16.8 Å². The van der Waals surface area contributed by atoms with Gasteiger partial charge in [-0.3, -0.25) is 4.79 Å². The normalized spacial score (nSPS) is 10.8. The van der Waals surface area contributed by atoms with Crippen LogP contribution in [0, 0.1) is 6.92 Å². The third kappa shape index (κ3) is 4.30. The fourth-order valence-corrected chi connectivity index (χ4v) is 3.84. The van der Waals surface area contributed by atoms with Crippen molar-refractivity contribution >= 4 is 39.9 Å². The number of amides is 1. The summed E-state index contributed by atoms with van der Waals surface area (Å²) in [4.78, 5) is 22.2. The summed E-state index contributed by atoms with van der Waals surface area (Å²) in [5, 5.41) is 6.87. The van der Waals surface area contributed by atoms with Crippen molar-refractivity contribution in [3.63, 3.8) is 0 Å². The fourth-order valence-electron chi connectivity index (χ4n) is 2.23. The van der Waals surface area contributed by atoms with Gasteiger partial charge >= 0.3 is 0 Å². The highest BCUT2D eigenvalue weighted by Gasteiger charge is 2.09. The van der Waals surface area contributed by atoms with E-state index >= 15 is 0 Å². The maximum absolute atomic E-state index is 12.0. The lowest BCUT2D eigenvalue weighted by molar-refractivity contribution is -0.118. The van der Waals surface area contributed by atoms with E-state index in [9.17, 15) is 4.79 Å². The van der Waals surface area contributed by atoms with Crippen LogP contribution in [0.1, 0.15) is 10.7 Å². The number of aromatic nitrogens is 2. The lowest BCUT2D eigenvalue weighted by Crippen LogP contribution is -2.27. The third-order valence-electron chi connectivity index (χ3n) is 3.29. The standard InChI is InChI=1S/C17H17N3OS2/c1-12-19-15-7-3-2-6-14(15)17(20-12)23-11-16(21)18-9-8-13-5-4-10-22-13/h2-7,10H,8-9,11H2,1H3,(H,18,21). The quantitative estimate of drug-likeness (QED) is 0.550. The molecule has 0 aliphatic heterocycles.